The van der Waals surface area contributed by atoms with Crippen molar-refractivity contribution in [3.8, 4) is 11.3 Å². The predicted octanol–water partition coefficient (Wildman–Crippen LogP) is 4.05. The first-order chi connectivity index (χ1) is 14.4. The van der Waals surface area contributed by atoms with Crippen LogP contribution in [0.2, 0.25) is 0 Å². The number of amides is 1. The largest absolute Gasteiger partial charge is 0.466 e. The number of anilines is 1. The lowest BCUT2D eigenvalue weighted by atomic mass is 10.0. The number of hydrogen-bond acceptors (Lipinski definition) is 8. The Balaban J connectivity index is 1.50. The minimum Gasteiger partial charge on any atom is -0.466 e. The van der Waals surface area contributed by atoms with Crippen molar-refractivity contribution >= 4 is 40.1 Å². The lowest BCUT2D eigenvalue weighted by Gasteiger charge is -2.05. The predicted molar refractivity (Wildman–Crippen MR) is 119 cm³/mol. The molecule has 0 saturated heterocycles. The second-order valence-electron chi connectivity index (χ2n) is 6.52. The van der Waals surface area contributed by atoms with E-state index in [0.29, 0.717) is 22.5 Å². The zero-order valence-corrected chi connectivity index (χ0v) is 18.6. The van der Waals surface area contributed by atoms with Gasteiger partial charge in [0.25, 0.3) is 0 Å². The molecular weight excluding hydrogens is 420 g/mol. The Morgan fingerprint density at radius 2 is 1.97 bits per heavy atom. The van der Waals surface area contributed by atoms with Crippen LogP contribution in [0.15, 0.2) is 40.7 Å². The Kier molecular flexibility index (Phi) is 7.53. The van der Waals surface area contributed by atoms with Gasteiger partial charge in [0.1, 0.15) is 5.03 Å². The topological polar surface area (TPSA) is 94.1 Å². The van der Waals surface area contributed by atoms with Gasteiger partial charge < -0.3 is 10.1 Å². The van der Waals surface area contributed by atoms with Crippen LogP contribution in [0.4, 0.5) is 5.13 Å². The highest BCUT2D eigenvalue weighted by Gasteiger charge is 2.11. The van der Waals surface area contributed by atoms with E-state index in [1.165, 1.54) is 34.2 Å². The first-order valence-corrected chi connectivity index (χ1v) is 11.2. The molecule has 0 aliphatic heterocycles. The Morgan fingerprint density at radius 1 is 1.13 bits per heavy atom. The zero-order valence-electron chi connectivity index (χ0n) is 17.0. The van der Waals surface area contributed by atoms with Crippen LogP contribution >= 0.6 is 23.1 Å². The molecule has 0 saturated carbocycles. The van der Waals surface area contributed by atoms with Gasteiger partial charge in [0.05, 0.1) is 30.2 Å². The number of esters is 1. The number of rotatable bonds is 8. The fourth-order valence-electron chi connectivity index (χ4n) is 2.55. The van der Waals surface area contributed by atoms with E-state index in [0.717, 1.165) is 11.3 Å². The van der Waals surface area contributed by atoms with Crippen molar-refractivity contribution in [2.45, 2.75) is 32.2 Å². The molecule has 0 aliphatic rings. The number of ether oxygens (including phenoxy) is 1. The standard InChI is InChI=1S/C21H22N4O3S2/c1-4-28-20(27)10-16-11-30-21(22-16)23-18(26)12-29-19-8-7-17(24-25-19)15-6-5-13(2)14(3)9-15/h5-9,11H,4,10,12H2,1-3H3,(H,22,23,26). The summed E-state index contributed by atoms with van der Waals surface area (Å²) >= 11 is 2.57. The fourth-order valence-corrected chi connectivity index (χ4v) is 3.89. The highest BCUT2D eigenvalue weighted by Crippen LogP contribution is 2.22. The maximum atomic E-state index is 12.2. The number of hydrogen-bond donors (Lipinski definition) is 1. The number of aryl methyl sites for hydroxylation is 2. The average Bonchev–Trinajstić information content (AvgIpc) is 3.15. The molecule has 0 atom stereocenters. The molecule has 9 heteroatoms. The lowest BCUT2D eigenvalue weighted by molar-refractivity contribution is -0.142. The molecule has 156 valence electrons. The van der Waals surface area contributed by atoms with E-state index in [4.69, 9.17) is 4.74 Å². The molecule has 1 N–H and O–H groups in total. The number of nitrogens with one attached hydrogen (secondary N) is 1. The van der Waals surface area contributed by atoms with Crippen molar-refractivity contribution in [1.82, 2.24) is 15.2 Å². The fraction of sp³-hybridized carbons (Fsp3) is 0.286. The van der Waals surface area contributed by atoms with E-state index in [9.17, 15) is 9.59 Å². The summed E-state index contributed by atoms with van der Waals surface area (Å²) in [7, 11) is 0. The van der Waals surface area contributed by atoms with Crippen molar-refractivity contribution in [2.24, 2.45) is 0 Å². The molecule has 7 nitrogen and oxygen atoms in total. The van der Waals surface area contributed by atoms with Crippen molar-refractivity contribution in [3.63, 3.8) is 0 Å². The molecule has 3 aromatic rings. The average molecular weight is 443 g/mol. The third-order valence-electron chi connectivity index (χ3n) is 4.22. The van der Waals surface area contributed by atoms with Crippen LogP contribution in [0.5, 0.6) is 0 Å². The molecule has 0 unspecified atom stereocenters. The summed E-state index contributed by atoms with van der Waals surface area (Å²) < 4.78 is 4.89. The van der Waals surface area contributed by atoms with Crippen molar-refractivity contribution in [2.75, 3.05) is 17.7 Å². The highest BCUT2D eigenvalue weighted by atomic mass is 32.2. The summed E-state index contributed by atoms with van der Waals surface area (Å²) in [6, 6.07) is 9.94. The van der Waals surface area contributed by atoms with Gasteiger partial charge in [-0.1, -0.05) is 23.9 Å². The van der Waals surface area contributed by atoms with Gasteiger partial charge in [-0.3, -0.25) is 9.59 Å². The van der Waals surface area contributed by atoms with Gasteiger partial charge in [-0.2, -0.15) is 0 Å². The summed E-state index contributed by atoms with van der Waals surface area (Å²) in [5, 5.41) is 14.1. The number of thiazole rings is 1. The van der Waals surface area contributed by atoms with Gasteiger partial charge in [-0.25, -0.2) is 4.98 Å². The second-order valence-corrected chi connectivity index (χ2v) is 8.37. The Bertz CT molecular complexity index is 1030. The molecule has 1 amide bonds. The molecule has 0 fully saturated rings. The van der Waals surface area contributed by atoms with Gasteiger partial charge in [-0.15, -0.1) is 21.5 Å². The maximum Gasteiger partial charge on any atom is 0.311 e. The van der Waals surface area contributed by atoms with Crippen molar-refractivity contribution in [3.05, 3.63) is 52.5 Å². The molecule has 0 aliphatic carbocycles. The number of carbonyl (C=O) groups excluding carboxylic acids is 2. The summed E-state index contributed by atoms with van der Waals surface area (Å²) in [4.78, 5) is 27.9. The van der Waals surface area contributed by atoms with Crippen molar-refractivity contribution < 1.29 is 14.3 Å². The minimum atomic E-state index is -0.334. The SMILES string of the molecule is CCOC(=O)Cc1csc(NC(=O)CSc2ccc(-c3ccc(C)c(C)c3)nn2)n1. The number of aromatic nitrogens is 3. The molecular formula is C21H22N4O3S2. The number of benzene rings is 1. The zero-order chi connectivity index (χ0) is 21.5. The van der Waals surface area contributed by atoms with Crippen LogP contribution in [-0.4, -0.2) is 39.4 Å². The molecule has 2 aromatic heterocycles. The van der Waals surface area contributed by atoms with Gasteiger partial charge in [0.15, 0.2) is 5.13 Å². The Hall–Kier alpha value is -2.78. The molecule has 1 aromatic carbocycles. The van der Waals surface area contributed by atoms with Crippen LogP contribution in [0, 0.1) is 13.8 Å². The monoisotopic (exact) mass is 442 g/mol. The molecule has 0 bridgehead atoms. The van der Waals surface area contributed by atoms with Crippen molar-refractivity contribution in [1.29, 1.82) is 0 Å². The third kappa shape index (κ3) is 6.11. The van der Waals surface area contributed by atoms with Gasteiger partial charge in [0.2, 0.25) is 5.91 Å². The third-order valence-corrected chi connectivity index (χ3v) is 5.95. The van der Waals surface area contributed by atoms with Crippen LogP contribution in [0.3, 0.4) is 0 Å². The molecule has 0 spiro atoms. The van der Waals surface area contributed by atoms with E-state index in [-0.39, 0.29) is 24.1 Å². The minimum absolute atomic E-state index is 0.0946. The maximum absolute atomic E-state index is 12.2. The van der Waals surface area contributed by atoms with Crippen LogP contribution in [0.25, 0.3) is 11.3 Å². The van der Waals surface area contributed by atoms with Gasteiger partial charge >= 0.3 is 5.97 Å². The molecule has 2 heterocycles. The Morgan fingerprint density at radius 3 is 2.67 bits per heavy atom. The number of thioether (sulfide) groups is 1. The van der Waals surface area contributed by atoms with Gasteiger partial charge in [0, 0.05) is 10.9 Å². The van der Waals surface area contributed by atoms with E-state index >= 15 is 0 Å². The lowest BCUT2D eigenvalue weighted by Crippen LogP contribution is -2.14. The molecule has 30 heavy (non-hydrogen) atoms. The van der Waals surface area contributed by atoms with Crippen LogP contribution < -0.4 is 5.32 Å². The summed E-state index contributed by atoms with van der Waals surface area (Å²) in [6.45, 7) is 6.22. The van der Waals surface area contributed by atoms with Crippen LogP contribution in [0.1, 0.15) is 23.7 Å². The van der Waals surface area contributed by atoms with E-state index in [1.54, 1.807) is 12.3 Å². The van der Waals surface area contributed by atoms with Crippen LogP contribution in [-0.2, 0) is 20.7 Å². The summed E-state index contributed by atoms with van der Waals surface area (Å²) in [5.74, 6) is -0.346. The molecule has 3 rings (SSSR count). The Labute approximate surface area is 183 Å². The number of carbonyl (C=O) groups is 2. The summed E-state index contributed by atoms with van der Waals surface area (Å²) in [5.41, 5.74) is 4.83. The highest BCUT2D eigenvalue weighted by molar-refractivity contribution is 7.99. The molecule has 0 radical (unpaired) electrons. The summed E-state index contributed by atoms with van der Waals surface area (Å²) in [6.07, 6.45) is 0.0946. The normalized spacial score (nSPS) is 10.6. The first-order valence-electron chi connectivity index (χ1n) is 9.38. The number of nitrogens with zero attached hydrogens (tertiary/aromatic N) is 3. The van der Waals surface area contributed by atoms with E-state index < -0.39 is 0 Å². The van der Waals surface area contributed by atoms with E-state index in [2.05, 4.69) is 46.5 Å². The quantitative estimate of drug-likeness (QED) is 0.415. The van der Waals surface area contributed by atoms with Gasteiger partial charge in [-0.05, 0) is 50.1 Å². The van der Waals surface area contributed by atoms with E-state index in [1.807, 2.05) is 18.2 Å². The first kappa shape index (κ1) is 21.9. The second kappa shape index (κ2) is 10.3. The smallest absolute Gasteiger partial charge is 0.311 e.